The van der Waals surface area contributed by atoms with Crippen molar-refractivity contribution in [3.8, 4) is 0 Å². The number of carbonyl (C=O) groups excluding carboxylic acids is 3. The van der Waals surface area contributed by atoms with Crippen molar-refractivity contribution in [2.75, 3.05) is 33.4 Å². The van der Waals surface area contributed by atoms with Gasteiger partial charge < -0.3 is 49.9 Å². The van der Waals surface area contributed by atoms with Crippen molar-refractivity contribution in [1.29, 1.82) is 0 Å². The first-order valence-corrected chi connectivity index (χ1v) is 31.9. The van der Waals surface area contributed by atoms with Crippen molar-refractivity contribution < 1.29 is 49.4 Å². The fourth-order valence-corrected chi connectivity index (χ4v) is 21.4. The Balaban J connectivity index is 1.03. The third-order valence-electron chi connectivity index (χ3n) is 25.8. The van der Waals surface area contributed by atoms with Crippen molar-refractivity contribution in [3.63, 3.8) is 0 Å². The number of rotatable bonds is 11. The molecule has 7 aliphatic carbocycles. The van der Waals surface area contributed by atoms with Gasteiger partial charge in [-0.1, -0.05) is 66.0 Å². The summed E-state index contributed by atoms with van der Waals surface area (Å²) in [5.41, 5.74) is 4.08. The maximum Gasteiger partial charge on any atom is 0.160 e. The maximum absolute atomic E-state index is 15.9. The third-order valence-corrected chi connectivity index (χ3v) is 25.8. The van der Waals surface area contributed by atoms with Crippen LogP contribution in [0.4, 0.5) is 0 Å². The predicted molar refractivity (Wildman–Crippen MR) is 310 cm³/mol. The highest BCUT2D eigenvalue weighted by atomic mass is 16.6. The van der Waals surface area contributed by atoms with E-state index < -0.39 is 79.8 Å². The van der Waals surface area contributed by atoms with Crippen molar-refractivity contribution in [3.05, 3.63) is 69.1 Å². The summed E-state index contributed by atoms with van der Waals surface area (Å²) >= 11 is 0. The van der Waals surface area contributed by atoms with E-state index in [4.69, 9.17) is 9.47 Å². The summed E-state index contributed by atoms with van der Waals surface area (Å²) in [4.78, 5) is 50.5. The number of carbonyl (C=O) groups is 3. The average molecular weight is 1110 g/mol. The molecule has 13 nitrogen and oxygen atoms in total. The molecule has 10 aliphatic rings. The van der Waals surface area contributed by atoms with Crippen LogP contribution in [-0.4, -0.2) is 116 Å². The lowest BCUT2D eigenvalue weighted by Crippen LogP contribution is -2.72. The molecule has 0 amide bonds. The number of benzene rings is 1. The molecule has 7 N–H and O–H groups in total. The number of epoxide rings is 1. The number of aliphatic hydroxyl groups is 5. The Kier molecular flexibility index (Phi) is 13.6. The quantitative estimate of drug-likeness (QED) is 0.0900. The number of ketones is 3. The topological polar surface area (TPSA) is 207 Å². The van der Waals surface area contributed by atoms with Gasteiger partial charge in [0.05, 0.1) is 46.5 Å². The van der Waals surface area contributed by atoms with Crippen LogP contribution in [-0.2, 0) is 48.8 Å². The molecule has 1 spiro atoms. The van der Waals surface area contributed by atoms with E-state index in [9.17, 15) is 25.5 Å². The fraction of sp³-hybridized carbons (Fsp3) is 0.750. The predicted octanol–water partition coefficient (Wildman–Crippen LogP) is 9.58. The van der Waals surface area contributed by atoms with Crippen molar-refractivity contribution in [1.82, 2.24) is 14.9 Å². The molecule has 442 valence electrons. The van der Waals surface area contributed by atoms with Gasteiger partial charge in [0.25, 0.3) is 0 Å². The van der Waals surface area contributed by atoms with Gasteiger partial charge in [-0.3, -0.25) is 14.4 Å². The highest BCUT2D eigenvalue weighted by Gasteiger charge is 2.77. The van der Waals surface area contributed by atoms with Crippen LogP contribution in [0.15, 0.2) is 35.7 Å². The van der Waals surface area contributed by atoms with Gasteiger partial charge in [0.15, 0.2) is 5.78 Å². The molecular weight excluding hydrogens is 1020 g/mol. The summed E-state index contributed by atoms with van der Waals surface area (Å²) in [5, 5.41) is 65.3. The number of Topliss-reactive ketones (excluding diaryl/α,β-unsaturated/α-hetero) is 3. The fourth-order valence-electron chi connectivity index (χ4n) is 21.4. The van der Waals surface area contributed by atoms with Crippen LogP contribution in [0.1, 0.15) is 209 Å². The van der Waals surface area contributed by atoms with Crippen LogP contribution in [0.2, 0.25) is 0 Å². The Bertz CT molecular complexity index is 3070. The first-order chi connectivity index (χ1) is 38.4. The SMILES string of the molecule is CNCC[C@]1(C)C(=O)C[C@]2(CC[C@@H](O)C2)[C@@]2(C)[C@H]3[C@H](O)[C@@H]4Cn5cc([C@@H]6C(=O)[C@H](CCO)Cc7c6cc(C6CCCCC6)cc7C6(O)CCOCC6)c6[nH]cc(c65)CC[C@@](C)(C[C@@H](O)[C@H]5OC5(C)C)C5=C4[C@](C)(CC5=O)[C@@]3(C)CC[C@H]21. The van der Waals surface area contributed by atoms with Gasteiger partial charge in [-0.05, 0) is 184 Å². The minimum absolute atomic E-state index is 0.0689. The van der Waals surface area contributed by atoms with Gasteiger partial charge >= 0.3 is 0 Å². The second-order valence-electron chi connectivity index (χ2n) is 30.2. The van der Waals surface area contributed by atoms with E-state index in [1.54, 1.807) is 0 Å². The number of fused-ring (bicyclic) bond motifs is 6. The van der Waals surface area contributed by atoms with E-state index in [1.165, 1.54) is 12.0 Å². The van der Waals surface area contributed by atoms with Crippen LogP contribution < -0.4 is 5.32 Å². The van der Waals surface area contributed by atoms with Gasteiger partial charge in [-0.15, -0.1) is 0 Å². The van der Waals surface area contributed by atoms with Crippen molar-refractivity contribution in [2.24, 2.45) is 56.2 Å². The molecule has 5 saturated carbocycles. The molecule has 3 aliphatic heterocycles. The van der Waals surface area contributed by atoms with Crippen LogP contribution in [0.25, 0.3) is 11.0 Å². The van der Waals surface area contributed by atoms with Gasteiger partial charge in [-0.25, -0.2) is 0 Å². The number of H-pyrrole nitrogens is 1. The number of aliphatic hydroxyl groups excluding tert-OH is 4. The first-order valence-electron chi connectivity index (χ1n) is 31.9. The van der Waals surface area contributed by atoms with E-state index in [-0.39, 0.29) is 41.9 Å². The number of allylic oxidation sites excluding steroid dienone is 1. The van der Waals surface area contributed by atoms with Crippen LogP contribution in [0, 0.1) is 56.2 Å². The highest BCUT2D eigenvalue weighted by molar-refractivity contribution is 6.02. The molecule has 3 aromatic rings. The van der Waals surface area contributed by atoms with Crippen LogP contribution in [0.5, 0.6) is 0 Å². The van der Waals surface area contributed by atoms with Gasteiger partial charge in [0.1, 0.15) is 17.7 Å². The minimum atomic E-state index is -1.12. The molecule has 13 heteroatoms. The summed E-state index contributed by atoms with van der Waals surface area (Å²) in [6.45, 7) is 17.3. The van der Waals surface area contributed by atoms with Crippen molar-refractivity contribution >= 4 is 28.4 Å². The summed E-state index contributed by atoms with van der Waals surface area (Å²) in [5.74, 6) is -1.42. The lowest BCUT2D eigenvalue weighted by atomic mass is 9.30. The zero-order valence-corrected chi connectivity index (χ0v) is 50.0. The van der Waals surface area contributed by atoms with Crippen LogP contribution >= 0.6 is 0 Å². The van der Waals surface area contributed by atoms with Gasteiger partial charge in [0.2, 0.25) is 0 Å². The number of nitrogens with one attached hydrogen (secondary N) is 2. The molecule has 15 atom stereocenters. The van der Waals surface area contributed by atoms with Crippen LogP contribution in [0.3, 0.4) is 0 Å². The van der Waals surface area contributed by atoms with E-state index in [1.807, 2.05) is 20.9 Å². The maximum atomic E-state index is 15.9. The molecule has 0 unspecified atom stereocenters. The number of aromatic amines is 1. The summed E-state index contributed by atoms with van der Waals surface area (Å²) < 4.78 is 14.3. The van der Waals surface area contributed by atoms with Gasteiger partial charge in [0, 0.05) is 98.2 Å². The molecule has 5 heterocycles. The molecule has 1 aromatic carbocycles. The van der Waals surface area contributed by atoms with Gasteiger partial charge in [-0.2, -0.15) is 0 Å². The molecule has 0 bridgehead atoms. The zero-order valence-electron chi connectivity index (χ0n) is 50.0. The number of aromatic nitrogens is 2. The summed E-state index contributed by atoms with van der Waals surface area (Å²) in [6.07, 6.45) is 15.0. The Morgan fingerprint density at radius 2 is 1.64 bits per heavy atom. The first kappa shape index (κ1) is 56.6. The molecule has 2 saturated heterocycles. The van der Waals surface area contributed by atoms with E-state index in [2.05, 4.69) is 74.0 Å². The number of ether oxygens (including phenoxy) is 2. The summed E-state index contributed by atoms with van der Waals surface area (Å²) in [6, 6.07) is 4.59. The van der Waals surface area contributed by atoms with Crippen molar-refractivity contribution in [2.45, 2.75) is 231 Å². The summed E-state index contributed by atoms with van der Waals surface area (Å²) in [7, 11) is 1.95. The van der Waals surface area contributed by atoms with E-state index >= 15 is 14.4 Å². The number of aryl methyl sites for hydroxylation is 1. The highest BCUT2D eigenvalue weighted by Crippen LogP contribution is 2.80. The number of hydrogen-bond acceptors (Lipinski definition) is 11. The van der Waals surface area contributed by atoms with E-state index in [0.29, 0.717) is 116 Å². The Hall–Kier alpha value is -3.53. The molecular formula is C68H95N3O10. The lowest BCUT2D eigenvalue weighted by molar-refractivity contribution is -0.262. The molecule has 81 heavy (non-hydrogen) atoms. The zero-order chi connectivity index (χ0) is 57.2. The number of hydrogen-bond donors (Lipinski definition) is 7. The molecule has 13 rings (SSSR count). The third kappa shape index (κ3) is 8.12. The number of nitrogens with zero attached hydrogens (tertiary/aromatic N) is 1. The largest absolute Gasteiger partial charge is 0.396 e. The normalized spacial score (nSPS) is 41.3. The average Bonchev–Trinajstić information content (AvgIpc) is 3.59. The molecule has 2 aromatic heterocycles. The van der Waals surface area contributed by atoms with E-state index in [0.717, 1.165) is 88.5 Å². The lowest BCUT2D eigenvalue weighted by Gasteiger charge is -2.74. The minimum Gasteiger partial charge on any atom is -0.396 e. The molecule has 0 radical (unpaired) electrons. The smallest absolute Gasteiger partial charge is 0.160 e. The second kappa shape index (κ2) is 19.5. The Morgan fingerprint density at radius 1 is 0.901 bits per heavy atom. The standard InChI is InChI=1S/C68H95N3O10/c1-61(2)60(81-61)49(75)32-62(3)18-14-40-35-70-55-45(52-44-29-41(38-12-10-9-11-13-38)30-47(68(79)22-26-80-27-23-68)43(44)28-39(17-25-72)57(52)77)36-71(56(40)55)37-46-53-54(62)48(74)33-65(53,6)64(5)19-16-50-63(4,21-24-69-8)51(76)34-67(20-15-42(73)31-67)66(50,7)59(64)58(46)78/h29-30,35-36,38-39,42,46,49-50,52,58-60,69-70,72-73,75,78-79H,9-28,31-34,37H2,1-8H3/t39-,42-,46-,49-,50+,52-,58-,59+,60-,62+,63+,64+,65+,66-,67-/m1/s1. The monoisotopic (exact) mass is 1110 g/mol. The molecule has 7 fully saturated rings. The Labute approximate surface area is 480 Å². The second-order valence-corrected chi connectivity index (χ2v) is 30.2. The Morgan fingerprint density at radius 3 is 2.32 bits per heavy atom.